The van der Waals surface area contributed by atoms with E-state index in [0.29, 0.717) is 6.61 Å². The van der Waals surface area contributed by atoms with E-state index in [9.17, 15) is 4.79 Å². The van der Waals surface area contributed by atoms with E-state index in [1.54, 1.807) is 0 Å². The zero-order chi connectivity index (χ0) is 19.3. The molecule has 2 aromatic carbocycles. The van der Waals surface area contributed by atoms with Crippen LogP contribution in [0.4, 0.5) is 0 Å². The fourth-order valence-electron chi connectivity index (χ4n) is 3.71. The first-order valence-corrected chi connectivity index (χ1v) is 10.8. The molecule has 1 unspecified atom stereocenters. The van der Waals surface area contributed by atoms with E-state index in [4.69, 9.17) is 4.74 Å². The van der Waals surface area contributed by atoms with Crippen molar-refractivity contribution in [3.8, 4) is 5.75 Å². The molecule has 1 atom stereocenters. The van der Waals surface area contributed by atoms with Gasteiger partial charge in [0.2, 0.25) is 0 Å². The van der Waals surface area contributed by atoms with E-state index in [1.807, 2.05) is 29.6 Å². The topological polar surface area (TPSA) is 38.3 Å². The van der Waals surface area contributed by atoms with Gasteiger partial charge in [0.05, 0.1) is 10.9 Å². The Bertz CT molecular complexity index is 948. The second kappa shape index (κ2) is 8.61. The van der Waals surface area contributed by atoms with Gasteiger partial charge in [-0.05, 0) is 66.0 Å². The maximum absolute atomic E-state index is 12.7. The monoisotopic (exact) mass is 391 g/mol. The third-order valence-corrected chi connectivity index (χ3v) is 6.25. The summed E-state index contributed by atoms with van der Waals surface area (Å²) in [6.07, 6.45) is 4.43. The number of nitrogens with one attached hydrogen (secondary N) is 1. The molecule has 0 spiro atoms. The van der Waals surface area contributed by atoms with E-state index in [0.717, 1.165) is 34.6 Å². The van der Waals surface area contributed by atoms with Crippen molar-refractivity contribution >= 4 is 17.2 Å². The molecule has 4 rings (SSSR count). The summed E-state index contributed by atoms with van der Waals surface area (Å²) in [7, 11) is 0. The van der Waals surface area contributed by atoms with Crippen LogP contribution in [0.3, 0.4) is 0 Å². The first-order chi connectivity index (χ1) is 13.7. The van der Waals surface area contributed by atoms with Gasteiger partial charge in [-0.2, -0.15) is 0 Å². The van der Waals surface area contributed by atoms with Crippen molar-refractivity contribution in [1.82, 2.24) is 5.32 Å². The number of carbonyl (C=O) groups is 1. The number of amides is 1. The van der Waals surface area contributed by atoms with Gasteiger partial charge < -0.3 is 10.1 Å². The van der Waals surface area contributed by atoms with Gasteiger partial charge in [0.15, 0.2) is 0 Å². The molecule has 0 saturated carbocycles. The minimum atomic E-state index is -0.0236. The van der Waals surface area contributed by atoms with Crippen molar-refractivity contribution in [2.75, 3.05) is 0 Å². The second-order valence-corrected chi connectivity index (χ2v) is 8.15. The Balaban J connectivity index is 1.36. The average Bonchev–Trinajstić information content (AvgIpc) is 3.40. The summed E-state index contributed by atoms with van der Waals surface area (Å²) in [6.45, 7) is 2.57. The molecule has 3 nitrogen and oxygen atoms in total. The number of ether oxygens (including phenoxy) is 1. The molecule has 4 heteroatoms. The third-order valence-electron chi connectivity index (χ3n) is 5.27. The predicted molar refractivity (Wildman–Crippen MR) is 114 cm³/mol. The van der Waals surface area contributed by atoms with E-state index in [2.05, 4.69) is 42.6 Å². The molecular weight excluding hydrogens is 366 g/mol. The number of carbonyl (C=O) groups excluding carboxylic acids is 1. The number of fused-ring (bicyclic) bond motifs is 1. The highest BCUT2D eigenvalue weighted by molar-refractivity contribution is 7.12. The molecule has 1 aliphatic carbocycles. The largest absolute Gasteiger partial charge is 0.489 e. The summed E-state index contributed by atoms with van der Waals surface area (Å²) in [4.78, 5) is 13.4. The lowest BCUT2D eigenvalue weighted by molar-refractivity contribution is 0.0939. The average molecular weight is 392 g/mol. The highest BCUT2D eigenvalue weighted by atomic mass is 32.1. The molecule has 1 amide bonds. The van der Waals surface area contributed by atoms with Crippen LogP contribution >= 0.6 is 11.3 Å². The lowest BCUT2D eigenvalue weighted by Gasteiger charge is -2.16. The van der Waals surface area contributed by atoms with Crippen LogP contribution in [0, 0.1) is 0 Å². The van der Waals surface area contributed by atoms with Gasteiger partial charge in [0.1, 0.15) is 12.4 Å². The second-order valence-electron chi connectivity index (χ2n) is 7.24. The Labute approximate surface area is 170 Å². The standard InChI is InChI=1S/C24H25NO2S/c1-2-22(19-7-4-3-5-8-19)25-24(26)23-13-17(16-28-23)15-27-21-12-11-18-9-6-10-20(18)14-21/h3-5,7-8,11-14,16,22H,2,6,9-10,15H2,1H3,(H,25,26). The van der Waals surface area contributed by atoms with E-state index < -0.39 is 0 Å². The lowest BCUT2D eigenvalue weighted by atomic mass is 10.0. The summed E-state index contributed by atoms with van der Waals surface area (Å²) < 4.78 is 5.96. The molecule has 0 saturated heterocycles. The fraction of sp³-hybridized carbons (Fsp3) is 0.292. The number of hydrogen-bond donors (Lipinski definition) is 1. The Morgan fingerprint density at radius 1 is 1.11 bits per heavy atom. The molecule has 1 aliphatic rings. The first kappa shape index (κ1) is 18.8. The molecule has 1 heterocycles. The number of hydrogen-bond acceptors (Lipinski definition) is 3. The van der Waals surface area contributed by atoms with Crippen molar-refractivity contribution in [3.05, 3.63) is 87.1 Å². The van der Waals surface area contributed by atoms with Crippen LogP contribution in [0.2, 0.25) is 0 Å². The van der Waals surface area contributed by atoms with Crippen molar-refractivity contribution < 1.29 is 9.53 Å². The van der Waals surface area contributed by atoms with Crippen molar-refractivity contribution in [2.45, 2.75) is 45.3 Å². The van der Waals surface area contributed by atoms with Crippen LogP contribution < -0.4 is 10.1 Å². The van der Waals surface area contributed by atoms with Crippen LogP contribution in [0.25, 0.3) is 0 Å². The van der Waals surface area contributed by atoms with Gasteiger partial charge in [0, 0.05) is 5.56 Å². The number of rotatable bonds is 7. The smallest absolute Gasteiger partial charge is 0.261 e. The molecule has 1 aromatic heterocycles. The molecule has 28 heavy (non-hydrogen) atoms. The molecule has 0 bridgehead atoms. The Kier molecular flexibility index (Phi) is 5.77. The van der Waals surface area contributed by atoms with E-state index in [-0.39, 0.29) is 11.9 Å². The molecule has 0 aliphatic heterocycles. The summed E-state index contributed by atoms with van der Waals surface area (Å²) >= 11 is 1.47. The van der Waals surface area contributed by atoms with Crippen molar-refractivity contribution in [2.24, 2.45) is 0 Å². The fourth-order valence-corrected chi connectivity index (χ4v) is 4.51. The zero-order valence-corrected chi connectivity index (χ0v) is 16.9. The predicted octanol–water partition coefficient (Wildman–Crippen LogP) is 5.70. The molecule has 0 fully saturated rings. The summed E-state index contributed by atoms with van der Waals surface area (Å²) in [5.41, 5.74) is 5.03. The number of aryl methyl sites for hydroxylation is 2. The SMILES string of the molecule is CCC(NC(=O)c1cc(COc2ccc3c(c2)CCC3)cs1)c1ccccc1. The van der Waals surface area contributed by atoms with Gasteiger partial charge in [-0.1, -0.05) is 43.3 Å². The lowest BCUT2D eigenvalue weighted by Crippen LogP contribution is -2.27. The summed E-state index contributed by atoms with van der Waals surface area (Å²) in [5, 5.41) is 5.15. The maximum atomic E-state index is 12.7. The van der Waals surface area contributed by atoms with Gasteiger partial charge in [-0.3, -0.25) is 4.79 Å². The van der Waals surface area contributed by atoms with Crippen molar-refractivity contribution in [1.29, 1.82) is 0 Å². The number of benzene rings is 2. The normalized spacial score (nSPS) is 13.8. The highest BCUT2D eigenvalue weighted by Gasteiger charge is 2.16. The Morgan fingerprint density at radius 2 is 1.93 bits per heavy atom. The minimum absolute atomic E-state index is 0.0236. The molecule has 0 radical (unpaired) electrons. The van der Waals surface area contributed by atoms with Gasteiger partial charge in [0.25, 0.3) is 5.91 Å². The van der Waals surface area contributed by atoms with Crippen LogP contribution in [0.15, 0.2) is 60.0 Å². The zero-order valence-electron chi connectivity index (χ0n) is 16.1. The molecular formula is C24H25NO2S. The van der Waals surface area contributed by atoms with Crippen LogP contribution in [0.1, 0.15) is 57.7 Å². The van der Waals surface area contributed by atoms with Gasteiger partial charge in [-0.25, -0.2) is 0 Å². The van der Waals surface area contributed by atoms with Crippen LogP contribution in [0.5, 0.6) is 5.75 Å². The molecule has 1 N–H and O–H groups in total. The first-order valence-electron chi connectivity index (χ1n) is 9.90. The Morgan fingerprint density at radius 3 is 2.75 bits per heavy atom. The van der Waals surface area contributed by atoms with E-state index in [1.165, 1.54) is 35.3 Å². The van der Waals surface area contributed by atoms with Gasteiger partial charge >= 0.3 is 0 Å². The number of thiophene rings is 1. The minimum Gasteiger partial charge on any atom is -0.489 e. The molecule has 144 valence electrons. The van der Waals surface area contributed by atoms with Crippen LogP contribution in [-0.4, -0.2) is 5.91 Å². The van der Waals surface area contributed by atoms with Gasteiger partial charge in [-0.15, -0.1) is 11.3 Å². The summed E-state index contributed by atoms with van der Waals surface area (Å²) in [6, 6.07) is 18.5. The quantitative estimate of drug-likeness (QED) is 0.561. The third kappa shape index (κ3) is 4.28. The van der Waals surface area contributed by atoms with E-state index >= 15 is 0 Å². The maximum Gasteiger partial charge on any atom is 0.261 e. The summed E-state index contributed by atoms with van der Waals surface area (Å²) in [5.74, 6) is 0.887. The Hall–Kier alpha value is -2.59. The van der Waals surface area contributed by atoms with Crippen molar-refractivity contribution in [3.63, 3.8) is 0 Å². The molecule has 3 aromatic rings. The highest BCUT2D eigenvalue weighted by Crippen LogP contribution is 2.27. The van der Waals surface area contributed by atoms with Crippen LogP contribution in [-0.2, 0) is 19.4 Å².